The molecule has 0 bridgehead atoms. The minimum absolute atomic E-state index is 0.00491. The molecule has 0 aliphatic carbocycles. The zero-order valence-electron chi connectivity index (χ0n) is 6.70. The van der Waals surface area contributed by atoms with E-state index in [1.54, 1.807) is 6.92 Å². The van der Waals surface area contributed by atoms with Crippen molar-refractivity contribution in [2.75, 3.05) is 0 Å². The standard InChI is InChI=1S/C7H10N2O3/c1-4-5(2-3-6(10)11)7(12)9-8-4/h5H,2-3H2,1H3,(H,9,12)(H,10,11)/t5-/m0/s1. The van der Waals surface area contributed by atoms with Gasteiger partial charge in [-0.05, 0) is 13.3 Å². The lowest BCUT2D eigenvalue weighted by atomic mass is 9.99. The first kappa shape index (κ1) is 8.70. The van der Waals surface area contributed by atoms with E-state index in [-0.39, 0.29) is 18.2 Å². The number of nitrogens with one attached hydrogen (secondary N) is 1. The maximum absolute atomic E-state index is 11.0. The van der Waals surface area contributed by atoms with Crippen LogP contribution in [0.5, 0.6) is 0 Å². The Morgan fingerprint density at radius 2 is 2.42 bits per heavy atom. The van der Waals surface area contributed by atoms with Crippen molar-refractivity contribution >= 4 is 17.6 Å². The van der Waals surface area contributed by atoms with Crippen LogP contribution in [-0.2, 0) is 9.59 Å². The molecular formula is C7H10N2O3. The number of carbonyl (C=O) groups is 2. The van der Waals surface area contributed by atoms with Crippen LogP contribution in [-0.4, -0.2) is 22.7 Å². The summed E-state index contributed by atoms with van der Waals surface area (Å²) in [6.07, 6.45) is 0.335. The van der Waals surface area contributed by atoms with Gasteiger partial charge in [-0.3, -0.25) is 9.59 Å². The molecule has 0 unspecified atom stereocenters. The smallest absolute Gasteiger partial charge is 0.303 e. The van der Waals surface area contributed by atoms with Gasteiger partial charge in [-0.15, -0.1) is 0 Å². The first-order chi connectivity index (χ1) is 5.61. The van der Waals surface area contributed by atoms with E-state index in [2.05, 4.69) is 10.5 Å². The predicted octanol–water partition coefficient (Wildman–Crippen LogP) is -0.0269. The molecule has 0 saturated heterocycles. The van der Waals surface area contributed by atoms with E-state index in [0.717, 1.165) is 0 Å². The molecule has 12 heavy (non-hydrogen) atoms. The minimum atomic E-state index is -0.887. The van der Waals surface area contributed by atoms with Gasteiger partial charge in [0.05, 0.1) is 5.92 Å². The summed E-state index contributed by atoms with van der Waals surface area (Å²) in [7, 11) is 0. The molecule has 2 N–H and O–H groups in total. The number of hydrazone groups is 1. The van der Waals surface area contributed by atoms with Gasteiger partial charge in [0, 0.05) is 12.1 Å². The van der Waals surface area contributed by atoms with Crippen LogP contribution in [0.4, 0.5) is 0 Å². The highest BCUT2D eigenvalue weighted by atomic mass is 16.4. The van der Waals surface area contributed by atoms with Gasteiger partial charge in [-0.2, -0.15) is 5.10 Å². The van der Waals surface area contributed by atoms with Gasteiger partial charge in [0.25, 0.3) is 0 Å². The van der Waals surface area contributed by atoms with Crippen LogP contribution in [0, 0.1) is 5.92 Å². The quantitative estimate of drug-likeness (QED) is 0.624. The Hall–Kier alpha value is -1.39. The number of amides is 1. The maximum Gasteiger partial charge on any atom is 0.303 e. The van der Waals surface area contributed by atoms with Crippen LogP contribution in [0.2, 0.25) is 0 Å². The molecule has 5 heteroatoms. The average molecular weight is 170 g/mol. The molecule has 1 heterocycles. The fourth-order valence-electron chi connectivity index (χ4n) is 1.10. The molecule has 0 saturated carbocycles. The molecule has 5 nitrogen and oxygen atoms in total. The Kier molecular flexibility index (Phi) is 2.42. The van der Waals surface area contributed by atoms with Crippen LogP contribution < -0.4 is 5.43 Å². The van der Waals surface area contributed by atoms with Crippen molar-refractivity contribution in [3.05, 3.63) is 0 Å². The normalized spacial score (nSPS) is 21.9. The van der Waals surface area contributed by atoms with Gasteiger partial charge in [0.2, 0.25) is 5.91 Å². The third-order valence-corrected chi connectivity index (χ3v) is 1.81. The molecule has 1 atom stereocenters. The number of aliphatic carboxylic acids is 1. The number of hydrogen-bond donors (Lipinski definition) is 2. The molecule has 0 radical (unpaired) electrons. The molecule has 1 amide bonds. The van der Waals surface area contributed by atoms with Gasteiger partial charge in [-0.1, -0.05) is 0 Å². The first-order valence-electron chi connectivity index (χ1n) is 3.67. The number of nitrogens with zero attached hydrogens (tertiary/aromatic N) is 1. The number of rotatable bonds is 3. The van der Waals surface area contributed by atoms with Crippen molar-refractivity contribution in [2.45, 2.75) is 19.8 Å². The zero-order valence-corrected chi connectivity index (χ0v) is 6.70. The molecule has 1 aliphatic heterocycles. The number of hydrogen-bond acceptors (Lipinski definition) is 3. The van der Waals surface area contributed by atoms with E-state index in [1.165, 1.54) is 0 Å². The molecule has 0 aromatic carbocycles. The Morgan fingerprint density at radius 3 is 2.83 bits per heavy atom. The van der Waals surface area contributed by atoms with Crippen molar-refractivity contribution in [1.82, 2.24) is 5.43 Å². The minimum Gasteiger partial charge on any atom is -0.481 e. The SMILES string of the molecule is CC1=NNC(=O)[C@H]1CCC(=O)O. The highest BCUT2D eigenvalue weighted by molar-refractivity contribution is 6.06. The molecular weight excluding hydrogens is 160 g/mol. The van der Waals surface area contributed by atoms with Crippen molar-refractivity contribution in [1.29, 1.82) is 0 Å². The van der Waals surface area contributed by atoms with Crippen LogP contribution in [0.15, 0.2) is 5.10 Å². The molecule has 0 aromatic heterocycles. The van der Waals surface area contributed by atoms with Crippen molar-refractivity contribution in [2.24, 2.45) is 11.0 Å². The molecule has 1 aliphatic rings. The lowest BCUT2D eigenvalue weighted by Gasteiger charge is -2.03. The molecule has 0 spiro atoms. The first-order valence-corrected chi connectivity index (χ1v) is 3.67. The number of carbonyl (C=O) groups excluding carboxylic acids is 1. The van der Waals surface area contributed by atoms with Gasteiger partial charge in [0.15, 0.2) is 0 Å². The summed E-state index contributed by atoms with van der Waals surface area (Å²) in [6.45, 7) is 1.71. The highest BCUT2D eigenvalue weighted by Crippen LogP contribution is 2.13. The second kappa shape index (κ2) is 3.34. The van der Waals surface area contributed by atoms with Gasteiger partial charge in [0.1, 0.15) is 0 Å². The van der Waals surface area contributed by atoms with Crippen LogP contribution in [0.1, 0.15) is 19.8 Å². The summed E-state index contributed by atoms with van der Waals surface area (Å²) in [5.74, 6) is -1.43. The third kappa shape index (κ3) is 1.81. The molecule has 66 valence electrons. The summed E-state index contributed by atoms with van der Waals surface area (Å²) in [6, 6.07) is 0. The topological polar surface area (TPSA) is 78.8 Å². The third-order valence-electron chi connectivity index (χ3n) is 1.81. The van der Waals surface area contributed by atoms with Gasteiger partial charge < -0.3 is 5.11 Å². The fraction of sp³-hybridized carbons (Fsp3) is 0.571. The summed E-state index contributed by atoms with van der Waals surface area (Å²) in [5, 5.41) is 12.1. The van der Waals surface area contributed by atoms with Gasteiger partial charge >= 0.3 is 5.97 Å². The second-order valence-corrected chi connectivity index (χ2v) is 2.71. The number of carboxylic acids is 1. The van der Waals surface area contributed by atoms with E-state index in [4.69, 9.17) is 5.11 Å². The van der Waals surface area contributed by atoms with Crippen molar-refractivity contribution in [3.63, 3.8) is 0 Å². The largest absolute Gasteiger partial charge is 0.481 e. The van der Waals surface area contributed by atoms with E-state index >= 15 is 0 Å². The van der Waals surface area contributed by atoms with E-state index < -0.39 is 5.97 Å². The Labute approximate surface area is 69.5 Å². The summed E-state index contributed by atoms with van der Waals surface area (Å²) in [5.41, 5.74) is 2.97. The Morgan fingerprint density at radius 1 is 1.75 bits per heavy atom. The maximum atomic E-state index is 11.0. The van der Waals surface area contributed by atoms with Crippen LogP contribution >= 0.6 is 0 Å². The van der Waals surface area contributed by atoms with Crippen LogP contribution in [0.25, 0.3) is 0 Å². The lowest BCUT2D eigenvalue weighted by molar-refractivity contribution is -0.137. The summed E-state index contributed by atoms with van der Waals surface area (Å²) >= 11 is 0. The molecule has 1 rings (SSSR count). The Bertz CT molecular complexity index is 247. The van der Waals surface area contributed by atoms with Crippen molar-refractivity contribution < 1.29 is 14.7 Å². The second-order valence-electron chi connectivity index (χ2n) is 2.71. The van der Waals surface area contributed by atoms with E-state index in [9.17, 15) is 9.59 Å². The predicted molar refractivity (Wildman–Crippen MR) is 41.6 cm³/mol. The monoisotopic (exact) mass is 170 g/mol. The fourth-order valence-corrected chi connectivity index (χ4v) is 1.10. The van der Waals surface area contributed by atoms with Crippen molar-refractivity contribution in [3.8, 4) is 0 Å². The average Bonchev–Trinajstić information content (AvgIpc) is 2.28. The number of carboxylic acid groups (broad SMARTS) is 1. The molecule has 0 aromatic rings. The Balaban J connectivity index is 2.46. The zero-order chi connectivity index (χ0) is 9.14. The van der Waals surface area contributed by atoms with Gasteiger partial charge in [-0.25, -0.2) is 5.43 Å². The van der Waals surface area contributed by atoms with E-state index in [0.29, 0.717) is 12.1 Å². The summed E-state index contributed by atoms with van der Waals surface area (Å²) < 4.78 is 0. The van der Waals surface area contributed by atoms with Crippen LogP contribution in [0.3, 0.4) is 0 Å². The van der Waals surface area contributed by atoms with E-state index in [1.807, 2.05) is 0 Å². The molecule has 0 fully saturated rings. The highest BCUT2D eigenvalue weighted by Gasteiger charge is 2.26. The summed E-state index contributed by atoms with van der Waals surface area (Å²) in [4.78, 5) is 21.2. The lowest BCUT2D eigenvalue weighted by Crippen LogP contribution is -2.22.